The minimum atomic E-state index is 0. The Kier molecular flexibility index (Phi) is 3.66. The molecule has 0 aliphatic carbocycles. The molecule has 0 amide bonds. The number of rotatable bonds is 1. The molecule has 0 aliphatic heterocycles. The predicted molar refractivity (Wildman–Crippen MR) is 60.3 cm³/mol. The zero-order chi connectivity index (χ0) is 9.10. The van der Waals surface area contributed by atoms with Gasteiger partial charge < -0.3 is 0 Å². The molecule has 0 atom stereocenters. The van der Waals surface area contributed by atoms with Gasteiger partial charge in [-0.25, -0.2) is 4.57 Å². The van der Waals surface area contributed by atoms with E-state index in [9.17, 15) is 0 Å². The topological polar surface area (TPSA) is 3.88 Å². The van der Waals surface area contributed by atoms with Crippen molar-refractivity contribution in [1.82, 2.24) is 0 Å². The summed E-state index contributed by atoms with van der Waals surface area (Å²) in [4.78, 5) is 0. The van der Waals surface area contributed by atoms with E-state index in [-0.39, 0.29) is 12.4 Å². The molecule has 0 saturated heterocycles. The van der Waals surface area contributed by atoms with Crippen molar-refractivity contribution in [2.75, 3.05) is 0 Å². The van der Waals surface area contributed by atoms with Gasteiger partial charge in [0.2, 0.25) is 0 Å². The van der Waals surface area contributed by atoms with E-state index >= 15 is 0 Å². The summed E-state index contributed by atoms with van der Waals surface area (Å²) in [5.41, 5.74) is 2.53. The Morgan fingerprint density at radius 2 is 1.29 bits per heavy atom. The third-order valence-electron chi connectivity index (χ3n) is 2.09. The lowest BCUT2D eigenvalue weighted by Crippen LogP contribution is -2.25. The van der Waals surface area contributed by atoms with Gasteiger partial charge in [-0.3, -0.25) is 0 Å². The van der Waals surface area contributed by atoms with Crippen LogP contribution in [-0.2, 0) is 7.05 Å². The second kappa shape index (κ2) is 4.77. The lowest BCUT2D eigenvalue weighted by molar-refractivity contribution is -0.671. The number of pyridine rings is 1. The summed E-state index contributed by atoms with van der Waals surface area (Å²) in [5, 5.41) is 0. The minimum Gasteiger partial charge on any atom is -0.208 e. The molecule has 0 radical (unpaired) electrons. The summed E-state index contributed by atoms with van der Waals surface area (Å²) < 4.78 is 2.03. The van der Waals surface area contributed by atoms with E-state index in [0.29, 0.717) is 0 Å². The lowest BCUT2D eigenvalue weighted by atomic mass is 10.1. The molecule has 0 spiro atoms. The quantitative estimate of drug-likeness (QED) is 0.632. The second-order valence-electron chi connectivity index (χ2n) is 3.12. The van der Waals surface area contributed by atoms with E-state index in [1.165, 1.54) is 11.1 Å². The van der Waals surface area contributed by atoms with E-state index < -0.39 is 0 Å². The van der Waals surface area contributed by atoms with Gasteiger partial charge in [0.15, 0.2) is 12.4 Å². The molecular weight excluding hydrogens is 194 g/mol. The standard InChI is InChI=1S/C12H12N.ClH/c1-13-9-7-12(8-10-13)11-5-3-2-4-6-11;/h2-10H,1H3;1H/q+1;. The Morgan fingerprint density at radius 1 is 0.786 bits per heavy atom. The smallest absolute Gasteiger partial charge is 0.169 e. The van der Waals surface area contributed by atoms with Crippen molar-refractivity contribution >= 4 is 12.4 Å². The SMILES string of the molecule is C[n+]1ccc(-c2ccccc2)cc1.Cl. The summed E-state index contributed by atoms with van der Waals surface area (Å²) in [6, 6.07) is 14.6. The van der Waals surface area contributed by atoms with Crippen LogP contribution in [-0.4, -0.2) is 0 Å². The third-order valence-corrected chi connectivity index (χ3v) is 2.09. The number of hydrogen-bond donors (Lipinski definition) is 0. The van der Waals surface area contributed by atoms with E-state index in [1.54, 1.807) is 0 Å². The number of hydrogen-bond acceptors (Lipinski definition) is 0. The molecule has 2 heteroatoms. The average Bonchev–Trinajstić information content (AvgIpc) is 2.20. The van der Waals surface area contributed by atoms with Crippen LogP contribution >= 0.6 is 12.4 Å². The maximum absolute atomic E-state index is 2.12. The van der Waals surface area contributed by atoms with Gasteiger partial charge in [-0.15, -0.1) is 12.4 Å². The van der Waals surface area contributed by atoms with Crippen LogP contribution in [0.3, 0.4) is 0 Å². The number of nitrogens with zero attached hydrogens (tertiary/aromatic N) is 1. The molecule has 0 unspecified atom stereocenters. The fraction of sp³-hybridized carbons (Fsp3) is 0.0833. The van der Waals surface area contributed by atoms with Gasteiger partial charge in [-0.1, -0.05) is 30.3 Å². The minimum absolute atomic E-state index is 0. The number of benzene rings is 1. The van der Waals surface area contributed by atoms with Crippen molar-refractivity contribution in [3.05, 3.63) is 54.9 Å². The highest BCUT2D eigenvalue weighted by Gasteiger charge is 1.97. The molecule has 14 heavy (non-hydrogen) atoms. The summed E-state index contributed by atoms with van der Waals surface area (Å²) in [5.74, 6) is 0. The maximum Gasteiger partial charge on any atom is 0.169 e. The summed E-state index contributed by atoms with van der Waals surface area (Å²) >= 11 is 0. The monoisotopic (exact) mass is 206 g/mol. The predicted octanol–water partition coefficient (Wildman–Crippen LogP) is 2.60. The van der Waals surface area contributed by atoms with Crippen LogP contribution in [0, 0.1) is 0 Å². The van der Waals surface area contributed by atoms with Crippen molar-refractivity contribution < 1.29 is 4.57 Å². The highest BCUT2D eigenvalue weighted by atomic mass is 35.5. The number of aryl methyl sites for hydroxylation is 1. The molecule has 0 bridgehead atoms. The fourth-order valence-corrected chi connectivity index (χ4v) is 1.32. The molecule has 2 aromatic rings. The Bertz CT molecular complexity index is 381. The van der Waals surface area contributed by atoms with Crippen molar-refractivity contribution in [3.8, 4) is 11.1 Å². The third kappa shape index (κ3) is 2.33. The molecule has 0 aliphatic rings. The molecular formula is C12H13ClN+. The zero-order valence-electron chi connectivity index (χ0n) is 8.05. The van der Waals surface area contributed by atoms with Crippen LogP contribution in [0.15, 0.2) is 54.9 Å². The summed E-state index contributed by atoms with van der Waals surface area (Å²) in [6.07, 6.45) is 4.12. The first-order valence-corrected chi connectivity index (χ1v) is 4.37. The van der Waals surface area contributed by atoms with Crippen LogP contribution in [0.5, 0.6) is 0 Å². The maximum atomic E-state index is 2.12. The van der Waals surface area contributed by atoms with Crippen LogP contribution in [0.1, 0.15) is 0 Å². The number of aromatic nitrogens is 1. The largest absolute Gasteiger partial charge is 0.208 e. The molecule has 1 heterocycles. The van der Waals surface area contributed by atoms with E-state index in [2.05, 4.69) is 48.8 Å². The Balaban J connectivity index is 0.000000980. The lowest BCUT2D eigenvalue weighted by Gasteiger charge is -1.98. The Morgan fingerprint density at radius 3 is 1.86 bits per heavy atom. The molecule has 1 aromatic heterocycles. The molecule has 0 N–H and O–H groups in total. The van der Waals surface area contributed by atoms with Gasteiger partial charge in [0.05, 0.1) is 0 Å². The highest BCUT2D eigenvalue weighted by molar-refractivity contribution is 5.85. The Hall–Kier alpha value is -1.34. The van der Waals surface area contributed by atoms with Crippen LogP contribution in [0.4, 0.5) is 0 Å². The van der Waals surface area contributed by atoms with Gasteiger partial charge in [-0.2, -0.15) is 0 Å². The highest BCUT2D eigenvalue weighted by Crippen LogP contribution is 2.16. The molecule has 2 rings (SSSR count). The van der Waals surface area contributed by atoms with Gasteiger partial charge in [-0.05, 0) is 11.1 Å². The zero-order valence-corrected chi connectivity index (χ0v) is 8.87. The van der Waals surface area contributed by atoms with Gasteiger partial charge >= 0.3 is 0 Å². The van der Waals surface area contributed by atoms with Crippen molar-refractivity contribution in [2.45, 2.75) is 0 Å². The first-order chi connectivity index (χ1) is 6.36. The normalized spacial score (nSPS) is 9.21. The molecule has 1 nitrogen and oxygen atoms in total. The van der Waals surface area contributed by atoms with E-state index in [1.807, 2.05) is 17.7 Å². The number of halogens is 1. The summed E-state index contributed by atoms with van der Waals surface area (Å²) in [6.45, 7) is 0. The fourth-order valence-electron chi connectivity index (χ4n) is 1.32. The van der Waals surface area contributed by atoms with Crippen LogP contribution in [0.25, 0.3) is 11.1 Å². The molecule has 0 fully saturated rings. The van der Waals surface area contributed by atoms with E-state index in [4.69, 9.17) is 0 Å². The van der Waals surface area contributed by atoms with Gasteiger partial charge in [0.1, 0.15) is 7.05 Å². The average molecular weight is 207 g/mol. The molecule has 72 valence electrons. The van der Waals surface area contributed by atoms with Crippen LogP contribution < -0.4 is 4.57 Å². The van der Waals surface area contributed by atoms with Crippen LogP contribution in [0.2, 0.25) is 0 Å². The second-order valence-corrected chi connectivity index (χ2v) is 3.12. The Labute approximate surface area is 90.4 Å². The van der Waals surface area contributed by atoms with Crippen molar-refractivity contribution in [2.24, 2.45) is 7.05 Å². The van der Waals surface area contributed by atoms with E-state index in [0.717, 1.165) is 0 Å². The van der Waals surface area contributed by atoms with Gasteiger partial charge in [0.25, 0.3) is 0 Å². The van der Waals surface area contributed by atoms with Crippen molar-refractivity contribution in [1.29, 1.82) is 0 Å². The first-order valence-electron chi connectivity index (χ1n) is 4.37. The molecule has 0 saturated carbocycles. The van der Waals surface area contributed by atoms with Gasteiger partial charge in [0, 0.05) is 12.1 Å². The molecule has 1 aromatic carbocycles. The van der Waals surface area contributed by atoms with Crippen molar-refractivity contribution in [3.63, 3.8) is 0 Å². The summed E-state index contributed by atoms with van der Waals surface area (Å²) in [7, 11) is 2.02. The first kappa shape index (κ1) is 10.7.